The molecule has 0 bridgehead atoms. The maximum atomic E-state index is 12.0. The van der Waals surface area contributed by atoms with Crippen molar-refractivity contribution in [1.82, 2.24) is 0 Å². The molecular weight excluding hydrogens is 216 g/mol. The van der Waals surface area contributed by atoms with Gasteiger partial charge in [-0.25, -0.2) is 4.21 Å². The van der Waals surface area contributed by atoms with Crippen LogP contribution in [0.15, 0.2) is 29.2 Å². The minimum atomic E-state index is -2.72. The van der Waals surface area contributed by atoms with Crippen LogP contribution in [0.1, 0.15) is 18.9 Å². The lowest BCUT2D eigenvalue weighted by molar-refractivity contribution is 0.345. The Kier molecular flexibility index (Phi) is 4.04. The van der Waals surface area contributed by atoms with Gasteiger partial charge in [0.2, 0.25) is 0 Å². The molecule has 0 radical (unpaired) electrons. The van der Waals surface area contributed by atoms with Crippen LogP contribution >= 0.6 is 0 Å². The fourth-order valence-electron chi connectivity index (χ4n) is 1.09. The largest absolute Gasteiger partial charge is 0.286 e. The normalized spacial score (nSPS) is 15.0. The van der Waals surface area contributed by atoms with Crippen LogP contribution in [-0.2, 0) is 24.1 Å². The summed E-state index contributed by atoms with van der Waals surface area (Å²) in [4.78, 5) is 0.628. The van der Waals surface area contributed by atoms with Gasteiger partial charge in [-0.2, -0.15) is 0 Å². The van der Waals surface area contributed by atoms with E-state index in [0.29, 0.717) is 11.5 Å². The molecule has 78 valence electrons. The van der Waals surface area contributed by atoms with Gasteiger partial charge in [-0.1, -0.05) is 25.1 Å². The van der Waals surface area contributed by atoms with Crippen molar-refractivity contribution in [1.29, 1.82) is 0 Å². The number of hydrogen-bond donors (Lipinski definition) is 0. The van der Waals surface area contributed by atoms with Crippen LogP contribution in [-0.4, -0.2) is 10.8 Å². The summed E-state index contributed by atoms with van der Waals surface area (Å²) in [7, 11) is -2.72. The third-order valence-electron chi connectivity index (χ3n) is 1.81. The maximum Gasteiger partial charge on any atom is 0.173 e. The number of rotatable bonds is 4. The molecule has 0 aromatic heterocycles. The molecule has 0 amide bonds. The number of benzene rings is 1. The quantitative estimate of drug-likeness (QED) is 0.794. The zero-order valence-corrected chi connectivity index (χ0v) is 9.99. The van der Waals surface area contributed by atoms with Crippen LogP contribution in [0.2, 0.25) is 0 Å². The zero-order chi connectivity index (χ0) is 10.6. The van der Waals surface area contributed by atoms with Crippen molar-refractivity contribution in [3.05, 3.63) is 29.8 Å². The Morgan fingerprint density at radius 1 is 1.43 bits per heavy atom. The second-order valence-corrected chi connectivity index (χ2v) is 5.94. The zero-order valence-electron chi connectivity index (χ0n) is 8.36. The third-order valence-corrected chi connectivity index (χ3v) is 4.11. The molecule has 0 aliphatic rings. The second-order valence-electron chi connectivity index (χ2n) is 3.04. The van der Waals surface area contributed by atoms with Gasteiger partial charge in [-0.05, 0) is 25.0 Å². The topological polar surface area (TPSA) is 26.3 Å². The minimum Gasteiger partial charge on any atom is -0.286 e. The van der Waals surface area contributed by atoms with E-state index in [2.05, 4.69) is 0 Å². The Morgan fingerprint density at radius 3 is 2.64 bits per heavy atom. The predicted octanol–water partition coefficient (Wildman–Crippen LogP) is 2.44. The highest BCUT2D eigenvalue weighted by molar-refractivity contribution is 8.30. The molecule has 14 heavy (non-hydrogen) atoms. The molecule has 1 aromatic carbocycles. The first-order valence-electron chi connectivity index (χ1n) is 4.53. The predicted molar refractivity (Wildman–Crippen MR) is 61.2 cm³/mol. The average Bonchev–Trinajstić information content (AvgIpc) is 2.15. The molecule has 1 aromatic rings. The Bertz CT molecular complexity index is 396. The Hall–Kier alpha value is -0.450. The van der Waals surface area contributed by atoms with Crippen LogP contribution in [0, 0.1) is 6.92 Å². The van der Waals surface area contributed by atoms with E-state index in [-0.39, 0.29) is 0 Å². The van der Waals surface area contributed by atoms with Crippen molar-refractivity contribution in [2.75, 3.05) is 6.61 Å². The second kappa shape index (κ2) is 4.87. The van der Waals surface area contributed by atoms with Gasteiger partial charge in [0.15, 0.2) is 8.77 Å². The molecule has 0 aliphatic carbocycles. The molecular formula is C10H14O2S2. The summed E-state index contributed by atoms with van der Waals surface area (Å²) in [5.74, 6) is 0. The van der Waals surface area contributed by atoms with Crippen molar-refractivity contribution in [3.63, 3.8) is 0 Å². The van der Waals surface area contributed by atoms with Crippen LogP contribution in [0.25, 0.3) is 0 Å². The van der Waals surface area contributed by atoms with Gasteiger partial charge in [-0.15, -0.1) is 0 Å². The van der Waals surface area contributed by atoms with Crippen LogP contribution in [0.3, 0.4) is 0 Å². The van der Waals surface area contributed by atoms with Gasteiger partial charge in [-0.3, -0.25) is 4.18 Å². The summed E-state index contributed by atoms with van der Waals surface area (Å²) >= 11 is 4.97. The summed E-state index contributed by atoms with van der Waals surface area (Å²) in [5.41, 5.74) is 0.920. The molecule has 1 rings (SSSR count). The lowest BCUT2D eigenvalue weighted by Gasteiger charge is -2.09. The van der Waals surface area contributed by atoms with E-state index in [9.17, 15) is 4.21 Å². The minimum absolute atomic E-state index is 0.441. The fraction of sp³-hybridized carbons (Fsp3) is 0.400. The lowest BCUT2D eigenvalue weighted by Crippen LogP contribution is -2.07. The first kappa shape index (κ1) is 11.6. The maximum absolute atomic E-state index is 12.0. The molecule has 0 spiro atoms. The summed E-state index contributed by atoms with van der Waals surface area (Å²) in [5, 5.41) is 0. The van der Waals surface area contributed by atoms with Crippen LogP contribution in [0.4, 0.5) is 0 Å². The number of aryl methyl sites for hydroxylation is 1. The SMILES string of the molecule is CCCOS(=O)(=S)c1ccccc1C. The average molecular weight is 230 g/mol. The van der Waals surface area contributed by atoms with Crippen molar-refractivity contribution < 1.29 is 8.39 Å². The standard InChI is InChI=1S/C10H14O2S2/c1-3-8-12-14(11,13)10-7-5-4-6-9(10)2/h4-7H,3,8H2,1-2H3. The van der Waals surface area contributed by atoms with Crippen LogP contribution < -0.4 is 0 Å². The highest BCUT2D eigenvalue weighted by Crippen LogP contribution is 2.17. The Morgan fingerprint density at radius 2 is 2.07 bits per heavy atom. The van der Waals surface area contributed by atoms with E-state index in [1.807, 2.05) is 32.0 Å². The fourth-order valence-corrected chi connectivity index (χ4v) is 3.08. The first-order valence-corrected chi connectivity index (χ1v) is 6.94. The molecule has 1 atom stereocenters. The Labute approximate surface area is 90.2 Å². The van der Waals surface area contributed by atoms with Crippen molar-refractivity contribution >= 4 is 20.0 Å². The van der Waals surface area contributed by atoms with E-state index in [0.717, 1.165) is 12.0 Å². The van der Waals surface area contributed by atoms with Crippen LogP contribution in [0.5, 0.6) is 0 Å². The van der Waals surface area contributed by atoms with E-state index in [1.54, 1.807) is 6.07 Å². The van der Waals surface area contributed by atoms with E-state index in [1.165, 1.54) is 0 Å². The van der Waals surface area contributed by atoms with Gasteiger partial charge in [0.1, 0.15) is 0 Å². The van der Waals surface area contributed by atoms with Gasteiger partial charge in [0.25, 0.3) is 0 Å². The van der Waals surface area contributed by atoms with E-state index in [4.69, 9.17) is 15.4 Å². The summed E-state index contributed by atoms with van der Waals surface area (Å²) < 4.78 is 17.1. The van der Waals surface area contributed by atoms with Crippen molar-refractivity contribution in [2.45, 2.75) is 25.2 Å². The molecule has 0 heterocycles. The van der Waals surface area contributed by atoms with Crippen molar-refractivity contribution in [2.24, 2.45) is 0 Å². The van der Waals surface area contributed by atoms with Gasteiger partial charge >= 0.3 is 0 Å². The molecule has 0 N–H and O–H groups in total. The molecule has 0 saturated heterocycles. The van der Waals surface area contributed by atoms with Gasteiger partial charge in [0.05, 0.1) is 11.5 Å². The third kappa shape index (κ3) is 2.77. The highest BCUT2D eigenvalue weighted by atomic mass is 32.8. The molecule has 1 unspecified atom stereocenters. The molecule has 4 heteroatoms. The number of hydrogen-bond acceptors (Lipinski definition) is 3. The summed E-state index contributed by atoms with van der Waals surface area (Å²) in [6, 6.07) is 7.37. The smallest absolute Gasteiger partial charge is 0.173 e. The van der Waals surface area contributed by atoms with E-state index >= 15 is 0 Å². The van der Waals surface area contributed by atoms with E-state index < -0.39 is 8.77 Å². The molecule has 0 saturated carbocycles. The molecule has 2 nitrogen and oxygen atoms in total. The van der Waals surface area contributed by atoms with Gasteiger partial charge in [0, 0.05) is 11.2 Å². The van der Waals surface area contributed by atoms with Gasteiger partial charge < -0.3 is 0 Å². The summed E-state index contributed by atoms with van der Waals surface area (Å²) in [6.45, 7) is 4.29. The first-order chi connectivity index (χ1) is 6.58. The lowest BCUT2D eigenvalue weighted by atomic mass is 10.2. The Balaban J connectivity index is 2.99. The van der Waals surface area contributed by atoms with Crippen molar-refractivity contribution in [3.8, 4) is 0 Å². The summed E-state index contributed by atoms with van der Waals surface area (Å²) in [6.07, 6.45) is 0.819. The monoisotopic (exact) mass is 230 g/mol. The highest BCUT2D eigenvalue weighted by Gasteiger charge is 2.12. The molecule has 0 aliphatic heterocycles. The molecule has 0 fully saturated rings.